The Morgan fingerprint density at radius 2 is 1.89 bits per heavy atom. The minimum Gasteiger partial charge on any atom is -0.444 e. The molecule has 3 nitrogen and oxygen atoms in total. The molecule has 1 fully saturated rings. The molecular weight excluding hydrogens is 238 g/mol. The molecule has 1 amide bonds. The molecule has 1 aromatic carbocycles. The number of ether oxygens (including phenoxy) is 1. The molecular formula is C16H23NO2. The van der Waals surface area contributed by atoms with Gasteiger partial charge in [0.1, 0.15) is 5.60 Å². The molecule has 1 atom stereocenters. The third kappa shape index (κ3) is 3.28. The molecule has 1 aliphatic heterocycles. The SMILES string of the molecule is CC(C)(C)OC(=O)N1CC[C@](C)(c2ccccc2)C1. The quantitative estimate of drug-likeness (QED) is 0.773. The van der Waals surface area contributed by atoms with Crippen molar-refractivity contribution in [2.75, 3.05) is 13.1 Å². The highest BCUT2D eigenvalue weighted by Gasteiger charge is 2.38. The van der Waals surface area contributed by atoms with Crippen LogP contribution < -0.4 is 0 Å². The molecule has 104 valence electrons. The summed E-state index contributed by atoms with van der Waals surface area (Å²) in [5.74, 6) is 0. The Hall–Kier alpha value is -1.51. The minimum absolute atomic E-state index is 0.0398. The molecule has 1 heterocycles. The van der Waals surface area contributed by atoms with Crippen molar-refractivity contribution >= 4 is 6.09 Å². The summed E-state index contributed by atoms with van der Waals surface area (Å²) in [7, 11) is 0. The van der Waals surface area contributed by atoms with Crippen LogP contribution in [0.2, 0.25) is 0 Å². The van der Waals surface area contributed by atoms with Crippen molar-refractivity contribution in [3.63, 3.8) is 0 Å². The number of likely N-dealkylation sites (tertiary alicyclic amines) is 1. The molecule has 2 rings (SSSR count). The topological polar surface area (TPSA) is 29.5 Å². The number of benzene rings is 1. The lowest BCUT2D eigenvalue weighted by Gasteiger charge is -2.27. The van der Waals surface area contributed by atoms with Crippen LogP contribution in [0, 0.1) is 0 Å². The Morgan fingerprint density at radius 1 is 1.26 bits per heavy atom. The van der Waals surface area contributed by atoms with Crippen LogP contribution in [0.15, 0.2) is 30.3 Å². The van der Waals surface area contributed by atoms with E-state index < -0.39 is 5.60 Å². The summed E-state index contributed by atoms with van der Waals surface area (Å²) >= 11 is 0. The van der Waals surface area contributed by atoms with Gasteiger partial charge in [0.15, 0.2) is 0 Å². The minimum atomic E-state index is -0.428. The van der Waals surface area contributed by atoms with Crippen LogP contribution in [0.4, 0.5) is 4.79 Å². The molecule has 0 radical (unpaired) electrons. The van der Waals surface area contributed by atoms with Crippen molar-refractivity contribution in [2.45, 2.75) is 45.1 Å². The number of hydrogen-bond donors (Lipinski definition) is 0. The first-order chi connectivity index (χ1) is 8.80. The molecule has 0 bridgehead atoms. The highest BCUT2D eigenvalue weighted by molar-refractivity contribution is 5.69. The van der Waals surface area contributed by atoms with Gasteiger partial charge in [0.25, 0.3) is 0 Å². The van der Waals surface area contributed by atoms with Gasteiger partial charge in [-0.1, -0.05) is 37.3 Å². The van der Waals surface area contributed by atoms with Gasteiger partial charge in [-0.3, -0.25) is 0 Å². The van der Waals surface area contributed by atoms with Crippen LogP contribution in [-0.4, -0.2) is 29.7 Å². The maximum Gasteiger partial charge on any atom is 0.410 e. The van der Waals surface area contributed by atoms with Crippen LogP contribution in [0.5, 0.6) is 0 Å². The number of amides is 1. The van der Waals surface area contributed by atoms with Crippen LogP contribution in [0.25, 0.3) is 0 Å². The van der Waals surface area contributed by atoms with Gasteiger partial charge in [0.05, 0.1) is 0 Å². The van der Waals surface area contributed by atoms with Crippen LogP contribution in [0.3, 0.4) is 0 Å². The van der Waals surface area contributed by atoms with Crippen molar-refractivity contribution in [3.05, 3.63) is 35.9 Å². The maximum atomic E-state index is 12.1. The van der Waals surface area contributed by atoms with Gasteiger partial charge in [-0.05, 0) is 32.8 Å². The second-order valence-electron chi connectivity index (χ2n) is 6.58. The standard InChI is InChI=1S/C16H23NO2/c1-15(2,3)19-14(18)17-11-10-16(4,12-17)13-8-6-5-7-9-13/h5-9H,10-12H2,1-4H3/t16-/m0/s1. The van der Waals surface area contributed by atoms with E-state index in [1.165, 1.54) is 5.56 Å². The predicted molar refractivity (Wildman–Crippen MR) is 76.2 cm³/mol. The van der Waals surface area contributed by atoms with Crippen molar-refractivity contribution in [2.24, 2.45) is 0 Å². The summed E-state index contributed by atoms with van der Waals surface area (Å²) in [4.78, 5) is 13.9. The zero-order valence-electron chi connectivity index (χ0n) is 12.3. The number of carbonyl (C=O) groups is 1. The molecule has 3 heteroatoms. The van der Waals surface area contributed by atoms with Gasteiger partial charge in [-0.2, -0.15) is 0 Å². The fourth-order valence-corrected chi connectivity index (χ4v) is 2.52. The Balaban J connectivity index is 2.06. The lowest BCUT2D eigenvalue weighted by atomic mass is 9.82. The van der Waals surface area contributed by atoms with Gasteiger partial charge >= 0.3 is 6.09 Å². The summed E-state index contributed by atoms with van der Waals surface area (Å²) < 4.78 is 5.44. The fourth-order valence-electron chi connectivity index (χ4n) is 2.52. The number of nitrogens with zero attached hydrogens (tertiary/aromatic N) is 1. The smallest absolute Gasteiger partial charge is 0.410 e. The first-order valence-corrected chi connectivity index (χ1v) is 6.84. The van der Waals surface area contributed by atoms with E-state index in [0.29, 0.717) is 0 Å². The first-order valence-electron chi connectivity index (χ1n) is 6.84. The van der Waals surface area contributed by atoms with E-state index in [2.05, 4.69) is 31.2 Å². The summed E-state index contributed by atoms with van der Waals surface area (Å²) in [6.45, 7) is 9.41. The molecule has 0 saturated carbocycles. The molecule has 0 aromatic heterocycles. The zero-order valence-corrected chi connectivity index (χ0v) is 12.3. The van der Waals surface area contributed by atoms with Gasteiger partial charge < -0.3 is 9.64 Å². The monoisotopic (exact) mass is 261 g/mol. The second kappa shape index (κ2) is 4.87. The molecule has 0 N–H and O–H groups in total. The van der Waals surface area contributed by atoms with Crippen molar-refractivity contribution in [1.82, 2.24) is 4.90 Å². The Morgan fingerprint density at radius 3 is 2.47 bits per heavy atom. The Labute approximate surface area is 115 Å². The molecule has 1 aliphatic rings. The van der Waals surface area contributed by atoms with Crippen LogP contribution in [-0.2, 0) is 10.2 Å². The van der Waals surface area contributed by atoms with E-state index in [0.717, 1.165) is 19.5 Å². The second-order valence-corrected chi connectivity index (χ2v) is 6.58. The predicted octanol–water partition coefficient (Wildman–Crippen LogP) is 3.59. The molecule has 1 saturated heterocycles. The van der Waals surface area contributed by atoms with Gasteiger partial charge in [-0.25, -0.2) is 4.79 Å². The van der Waals surface area contributed by atoms with Crippen LogP contribution in [0.1, 0.15) is 39.7 Å². The van der Waals surface area contributed by atoms with E-state index in [4.69, 9.17) is 4.74 Å². The third-order valence-electron chi connectivity index (χ3n) is 3.60. The lowest BCUT2D eigenvalue weighted by molar-refractivity contribution is 0.0285. The van der Waals surface area contributed by atoms with Crippen LogP contribution >= 0.6 is 0 Å². The summed E-state index contributed by atoms with van der Waals surface area (Å²) in [6, 6.07) is 10.4. The first kappa shape index (κ1) is 13.9. The molecule has 19 heavy (non-hydrogen) atoms. The zero-order chi connectivity index (χ0) is 14.1. The molecule has 0 aliphatic carbocycles. The molecule has 0 spiro atoms. The van der Waals surface area contributed by atoms with Gasteiger partial charge in [0, 0.05) is 18.5 Å². The van der Waals surface area contributed by atoms with Crippen molar-refractivity contribution in [3.8, 4) is 0 Å². The highest BCUT2D eigenvalue weighted by Crippen LogP contribution is 2.34. The Bertz CT molecular complexity index is 450. The summed E-state index contributed by atoms with van der Waals surface area (Å²) in [5, 5.41) is 0. The van der Waals surface area contributed by atoms with E-state index in [-0.39, 0.29) is 11.5 Å². The largest absolute Gasteiger partial charge is 0.444 e. The van der Waals surface area contributed by atoms with E-state index in [9.17, 15) is 4.79 Å². The summed E-state index contributed by atoms with van der Waals surface area (Å²) in [5.41, 5.74) is 0.905. The van der Waals surface area contributed by atoms with E-state index in [1.54, 1.807) is 0 Å². The third-order valence-corrected chi connectivity index (χ3v) is 3.60. The number of rotatable bonds is 1. The van der Waals surface area contributed by atoms with Crippen molar-refractivity contribution < 1.29 is 9.53 Å². The average Bonchev–Trinajstić information content (AvgIpc) is 2.73. The molecule has 1 aromatic rings. The van der Waals surface area contributed by atoms with Gasteiger partial charge in [-0.15, -0.1) is 0 Å². The summed E-state index contributed by atoms with van der Waals surface area (Å²) in [6.07, 6.45) is 0.781. The van der Waals surface area contributed by atoms with Crippen molar-refractivity contribution in [1.29, 1.82) is 0 Å². The maximum absolute atomic E-state index is 12.1. The average molecular weight is 261 g/mol. The number of carbonyl (C=O) groups excluding carboxylic acids is 1. The Kier molecular flexibility index (Phi) is 3.57. The van der Waals surface area contributed by atoms with E-state index in [1.807, 2.05) is 31.7 Å². The fraction of sp³-hybridized carbons (Fsp3) is 0.562. The highest BCUT2D eigenvalue weighted by atomic mass is 16.6. The molecule has 0 unspecified atom stereocenters. The normalized spacial score (nSPS) is 23.5. The van der Waals surface area contributed by atoms with E-state index >= 15 is 0 Å². The van der Waals surface area contributed by atoms with Gasteiger partial charge in [0.2, 0.25) is 0 Å². The lowest BCUT2D eigenvalue weighted by Crippen LogP contribution is -2.37. The number of hydrogen-bond acceptors (Lipinski definition) is 2.